The molecule has 2 amide bonds. The number of amides is 2. The van der Waals surface area contributed by atoms with E-state index >= 15 is 0 Å². The Labute approximate surface area is 173 Å². The molecule has 0 saturated carbocycles. The summed E-state index contributed by atoms with van der Waals surface area (Å²) in [6.45, 7) is 3.54. The van der Waals surface area contributed by atoms with Gasteiger partial charge in [0.2, 0.25) is 11.8 Å². The topological polar surface area (TPSA) is 95.6 Å². The van der Waals surface area contributed by atoms with Crippen LogP contribution in [0.4, 0.5) is 15.8 Å². The molecule has 0 bridgehead atoms. The van der Waals surface area contributed by atoms with Gasteiger partial charge in [0.15, 0.2) is 0 Å². The van der Waals surface area contributed by atoms with Crippen molar-refractivity contribution in [1.29, 1.82) is 0 Å². The van der Waals surface area contributed by atoms with Crippen molar-refractivity contribution in [2.75, 3.05) is 23.7 Å². The summed E-state index contributed by atoms with van der Waals surface area (Å²) in [4.78, 5) is 24.7. The molecule has 2 N–H and O–H groups in total. The average molecular weight is 440 g/mol. The number of hydrogen-bond acceptors (Lipinski definition) is 5. The smallest absolute Gasteiger partial charge is 0.252 e. The zero-order valence-corrected chi connectivity index (χ0v) is 17.7. The van der Waals surface area contributed by atoms with Crippen LogP contribution in [0.15, 0.2) is 34.5 Å². The summed E-state index contributed by atoms with van der Waals surface area (Å²) >= 11 is 1.19. The normalized spacial score (nSPS) is 17.7. The van der Waals surface area contributed by atoms with Gasteiger partial charge in [-0.15, -0.1) is 11.3 Å². The number of piperidine rings is 1. The van der Waals surface area contributed by atoms with Gasteiger partial charge in [0.25, 0.3) is 10.0 Å². The molecule has 1 aliphatic heterocycles. The van der Waals surface area contributed by atoms with Gasteiger partial charge in [-0.1, -0.05) is 0 Å². The molecule has 7 nitrogen and oxygen atoms in total. The first-order chi connectivity index (χ1) is 13.7. The highest BCUT2D eigenvalue weighted by Crippen LogP contribution is 2.29. The van der Waals surface area contributed by atoms with Crippen molar-refractivity contribution in [3.05, 3.63) is 41.0 Å². The molecule has 156 valence electrons. The Bertz CT molecular complexity index is 1040. The first-order valence-corrected chi connectivity index (χ1v) is 11.4. The Kier molecular flexibility index (Phi) is 6.35. The summed E-state index contributed by atoms with van der Waals surface area (Å²) in [5, 5.41) is 5.05. The van der Waals surface area contributed by atoms with Gasteiger partial charge in [-0.05, 0) is 50.1 Å². The first-order valence-electron chi connectivity index (χ1n) is 9.11. The minimum atomic E-state index is -3.66. The summed E-state index contributed by atoms with van der Waals surface area (Å²) in [5.74, 6) is -2.00. The molecule has 2 aromatic rings. The lowest BCUT2D eigenvalue weighted by atomic mass is 9.98. The molecule has 1 aromatic carbocycles. The van der Waals surface area contributed by atoms with Gasteiger partial charge in [-0.25, -0.2) is 12.8 Å². The van der Waals surface area contributed by atoms with Crippen LogP contribution in [0.2, 0.25) is 0 Å². The lowest BCUT2D eigenvalue weighted by Gasteiger charge is -2.30. The summed E-state index contributed by atoms with van der Waals surface area (Å²) in [6.07, 6.45) is 1.05. The monoisotopic (exact) mass is 439 g/mol. The van der Waals surface area contributed by atoms with E-state index in [1.807, 2.05) is 6.92 Å². The number of thiophene rings is 1. The Morgan fingerprint density at radius 1 is 1.21 bits per heavy atom. The van der Waals surface area contributed by atoms with E-state index < -0.39 is 27.7 Å². The number of benzene rings is 1. The summed E-state index contributed by atoms with van der Waals surface area (Å²) in [6, 6.07) is 7.20. The molecule has 0 aliphatic carbocycles. The van der Waals surface area contributed by atoms with Gasteiger partial charge < -0.3 is 10.6 Å². The average Bonchev–Trinajstić information content (AvgIpc) is 3.11. The highest BCUT2D eigenvalue weighted by atomic mass is 32.2. The predicted octanol–water partition coefficient (Wildman–Crippen LogP) is 3.19. The number of anilines is 2. The maximum Gasteiger partial charge on any atom is 0.252 e. The fourth-order valence-electron chi connectivity index (χ4n) is 3.19. The number of sulfonamides is 1. The van der Waals surface area contributed by atoms with Gasteiger partial charge in [-0.3, -0.25) is 9.59 Å². The third-order valence-electron chi connectivity index (χ3n) is 4.61. The number of nitrogens with zero attached hydrogens (tertiary/aromatic N) is 1. The number of carbonyl (C=O) groups excluding carboxylic acids is 2. The molecule has 1 fully saturated rings. The highest BCUT2D eigenvalue weighted by Gasteiger charge is 2.34. The van der Waals surface area contributed by atoms with Crippen molar-refractivity contribution in [3.8, 4) is 0 Å². The van der Waals surface area contributed by atoms with Crippen molar-refractivity contribution in [1.82, 2.24) is 4.31 Å². The minimum absolute atomic E-state index is 0.0398. The van der Waals surface area contributed by atoms with Crippen molar-refractivity contribution < 1.29 is 22.4 Å². The largest absolute Gasteiger partial charge is 0.326 e. The predicted molar refractivity (Wildman–Crippen MR) is 110 cm³/mol. The number of aryl methyl sites for hydroxylation is 1. The minimum Gasteiger partial charge on any atom is -0.326 e. The van der Waals surface area contributed by atoms with E-state index in [9.17, 15) is 22.4 Å². The van der Waals surface area contributed by atoms with Crippen LogP contribution in [-0.4, -0.2) is 37.6 Å². The number of hydrogen-bond donors (Lipinski definition) is 2. The van der Waals surface area contributed by atoms with E-state index in [2.05, 4.69) is 10.6 Å². The van der Waals surface area contributed by atoms with Crippen LogP contribution < -0.4 is 10.6 Å². The van der Waals surface area contributed by atoms with Gasteiger partial charge in [0.05, 0.1) is 11.6 Å². The molecule has 0 radical (unpaired) electrons. The third-order valence-corrected chi connectivity index (χ3v) is 7.94. The maximum atomic E-state index is 14.1. The van der Waals surface area contributed by atoms with E-state index in [1.54, 1.807) is 12.1 Å². The zero-order chi connectivity index (χ0) is 21.2. The number of rotatable bonds is 5. The van der Waals surface area contributed by atoms with E-state index in [-0.39, 0.29) is 22.3 Å². The standard InChI is InChI=1S/C19H22FN3O4S2/c1-12-5-8-18(28-12)29(26,27)23-9-3-4-14(11-23)19(25)22-17-10-15(21-13(2)24)6-7-16(17)20/h5-8,10,14H,3-4,9,11H2,1-2H3,(H,21,24)(H,22,25). The molecule has 10 heteroatoms. The van der Waals surface area contributed by atoms with Crippen molar-refractivity contribution in [2.45, 2.75) is 30.9 Å². The second-order valence-corrected chi connectivity index (χ2v) is 10.4. The molecule has 0 spiro atoms. The van der Waals surface area contributed by atoms with Gasteiger partial charge in [-0.2, -0.15) is 4.31 Å². The van der Waals surface area contributed by atoms with Crippen molar-refractivity contribution >= 4 is 44.5 Å². The Balaban J connectivity index is 1.73. The van der Waals surface area contributed by atoms with Gasteiger partial charge in [0, 0.05) is 30.6 Å². The zero-order valence-electron chi connectivity index (χ0n) is 16.1. The molecule has 1 saturated heterocycles. The molecule has 1 unspecified atom stereocenters. The lowest BCUT2D eigenvalue weighted by Crippen LogP contribution is -2.43. The Morgan fingerprint density at radius 2 is 1.97 bits per heavy atom. The van der Waals surface area contributed by atoms with Crippen LogP contribution in [0.1, 0.15) is 24.6 Å². The lowest BCUT2D eigenvalue weighted by molar-refractivity contribution is -0.121. The summed E-state index contributed by atoms with van der Waals surface area (Å²) < 4.78 is 41.3. The quantitative estimate of drug-likeness (QED) is 0.748. The van der Waals surface area contributed by atoms with Crippen LogP contribution in [0.25, 0.3) is 0 Å². The summed E-state index contributed by atoms with van der Waals surface area (Å²) in [7, 11) is -3.66. The molecule has 1 aliphatic rings. The van der Waals surface area contributed by atoms with Gasteiger partial charge in [0.1, 0.15) is 10.0 Å². The van der Waals surface area contributed by atoms with Crippen molar-refractivity contribution in [2.24, 2.45) is 5.92 Å². The van der Waals surface area contributed by atoms with Crippen LogP contribution >= 0.6 is 11.3 Å². The van der Waals surface area contributed by atoms with E-state index in [0.29, 0.717) is 25.1 Å². The fourth-order valence-corrected chi connectivity index (χ4v) is 6.15. The molecule has 1 aromatic heterocycles. The van der Waals surface area contributed by atoms with Crippen LogP contribution in [-0.2, 0) is 19.6 Å². The van der Waals surface area contributed by atoms with Crippen LogP contribution in [0.5, 0.6) is 0 Å². The Hall–Kier alpha value is -2.30. The third kappa shape index (κ3) is 5.01. The molecule has 29 heavy (non-hydrogen) atoms. The van der Waals surface area contributed by atoms with E-state index in [0.717, 1.165) is 10.9 Å². The number of carbonyl (C=O) groups is 2. The maximum absolute atomic E-state index is 14.1. The Morgan fingerprint density at radius 3 is 2.62 bits per heavy atom. The van der Waals surface area contributed by atoms with E-state index in [4.69, 9.17) is 0 Å². The number of nitrogens with one attached hydrogen (secondary N) is 2. The SMILES string of the molecule is CC(=O)Nc1ccc(F)c(NC(=O)C2CCCN(S(=O)(=O)c3ccc(C)s3)C2)c1. The highest BCUT2D eigenvalue weighted by molar-refractivity contribution is 7.91. The second-order valence-electron chi connectivity index (χ2n) is 6.93. The second kappa shape index (κ2) is 8.60. The van der Waals surface area contributed by atoms with Crippen LogP contribution in [0.3, 0.4) is 0 Å². The molecule has 1 atom stereocenters. The first kappa shape index (κ1) is 21.4. The van der Waals surface area contributed by atoms with E-state index in [1.165, 1.54) is 34.7 Å². The fraction of sp³-hybridized carbons (Fsp3) is 0.368. The molecule has 3 rings (SSSR count). The van der Waals surface area contributed by atoms with Crippen molar-refractivity contribution in [3.63, 3.8) is 0 Å². The number of halogens is 1. The van der Waals surface area contributed by atoms with Crippen LogP contribution in [0, 0.1) is 18.7 Å². The summed E-state index contributed by atoms with van der Waals surface area (Å²) in [5.41, 5.74) is 0.297. The molecular weight excluding hydrogens is 417 g/mol. The van der Waals surface area contributed by atoms with Gasteiger partial charge >= 0.3 is 0 Å². The molecular formula is C19H22FN3O4S2. The molecule has 2 heterocycles.